The minimum atomic E-state index is -0.0906. The Hall–Kier alpha value is -1.89. The van der Waals surface area contributed by atoms with Gasteiger partial charge in [-0.25, -0.2) is 4.68 Å². The first-order chi connectivity index (χ1) is 10.2. The van der Waals surface area contributed by atoms with Crippen LogP contribution in [-0.2, 0) is 18.4 Å². The number of amides is 1. The SMILES string of the molecule is Cn1nnnc1SC1CCCN(Cc2ccccc2)C1=O. The number of piperidine rings is 1. The summed E-state index contributed by atoms with van der Waals surface area (Å²) in [7, 11) is 1.79. The van der Waals surface area contributed by atoms with Crippen LogP contribution >= 0.6 is 11.8 Å². The lowest BCUT2D eigenvalue weighted by atomic mass is 10.1. The summed E-state index contributed by atoms with van der Waals surface area (Å²) in [5.74, 6) is 0.179. The van der Waals surface area contributed by atoms with Gasteiger partial charge in [-0.2, -0.15) is 0 Å². The number of likely N-dealkylation sites (tertiary alicyclic amines) is 1. The molecule has 110 valence electrons. The van der Waals surface area contributed by atoms with E-state index in [9.17, 15) is 4.79 Å². The molecule has 1 aliphatic rings. The van der Waals surface area contributed by atoms with E-state index in [0.29, 0.717) is 11.7 Å². The monoisotopic (exact) mass is 303 g/mol. The summed E-state index contributed by atoms with van der Waals surface area (Å²) >= 11 is 1.46. The van der Waals surface area contributed by atoms with Crippen molar-refractivity contribution in [3.63, 3.8) is 0 Å². The number of carbonyl (C=O) groups excluding carboxylic acids is 1. The third-order valence-electron chi connectivity index (χ3n) is 3.53. The molecule has 1 fully saturated rings. The lowest BCUT2D eigenvalue weighted by molar-refractivity contribution is -0.133. The third-order valence-corrected chi connectivity index (χ3v) is 4.81. The molecule has 6 nitrogen and oxygen atoms in total. The number of rotatable bonds is 4. The van der Waals surface area contributed by atoms with Crippen molar-refractivity contribution in [3.05, 3.63) is 35.9 Å². The molecule has 1 saturated heterocycles. The summed E-state index contributed by atoms with van der Waals surface area (Å²) in [5.41, 5.74) is 1.16. The quantitative estimate of drug-likeness (QED) is 0.856. The number of tetrazole rings is 1. The Bertz CT molecular complexity index is 615. The Morgan fingerprint density at radius 3 is 2.86 bits per heavy atom. The van der Waals surface area contributed by atoms with Crippen LogP contribution in [0.3, 0.4) is 0 Å². The number of hydrogen-bond acceptors (Lipinski definition) is 5. The molecule has 1 aliphatic heterocycles. The van der Waals surface area contributed by atoms with Crippen LogP contribution in [-0.4, -0.2) is 42.8 Å². The van der Waals surface area contributed by atoms with E-state index in [1.807, 2.05) is 23.1 Å². The van der Waals surface area contributed by atoms with Gasteiger partial charge in [0.1, 0.15) is 0 Å². The van der Waals surface area contributed by atoms with Crippen LogP contribution in [0.5, 0.6) is 0 Å². The average Bonchev–Trinajstić information content (AvgIpc) is 2.90. The fourth-order valence-electron chi connectivity index (χ4n) is 2.42. The minimum absolute atomic E-state index is 0.0906. The van der Waals surface area contributed by atoms with Crippen molar-refractivity contribution >= 4 is 17.7 Å². The lowest BCUT2D eigenvalue weighted by Gasteiger charge is -2.31. The molecule has 2 heterocycles. The Kier molecular flexibility index (Phi) is 4.19. The summed E-state index contributed by atoms with van der Waals surface area (Å²) in [6, 6.07) is 10.1. The van der Waals surface area contributed by atoms with Crippen molar-refractivity contribution in [1.29, 1.82) is 0 Å². The molecule has 1 aromatic heterocycles. The predicted molar refractivity (Wildman–Crippen MR) is 79.5 cm³/mol. The third kappa shape index (κ3) is 3.24. The van der Waals surface area contributed by atoms with E-state index >= 15 is 0 Å². The zero-order valence-electron chi connectivity index (χ0n) is 11.8. The molecule has 0 radical (unpaired) electrons. The first kappa shape index (κ1) is 14.1. The van der Waals surface area contributed by atoms with Crippen LogP contribution in [0.1, 0.15) is 18.4 Å². The number of aromatic nitrogens is 4. The molecule has 0 saturated carbocycles. The van der Waals surface area contributed by atoms with Crippen LogP contribution in [0.4, 0.5) is 0 Å². The highest BCUT2D eigenvalue weighted by Crippen LogP contribution is 2.29. The van der Waals surface area contributed by atoms with Crippen molar-refractivity contribution < 1.29 is 4.79 Å². The van der Waals surface area contributed by atoms with Crippen molar-refractivity contribution in [2.75, 3.05) is 6.54 Å². The Morgan fingerprint density at radius 1 is 1.33 bits per heavy atom. The summed E-state index contributed by atoms with van der Waals surface area (Å²) in [4.78, 5) is 14.5. The van der Waals surface area contributed by atoms with Gasteiger partial charge in [0.15, 0.2) is 0 Å². The largest absolute Gasteiger partial charge is 0.337 e. The average molecular weight is 303 g/mol. The van der Waals surface area contributed by atoms with Gasteiger partial charge in [-0.15, -0.1) is 5.10 Å². The van der Waals surface area contributed by atoms with Gasteiger partial charge in [-0.3, -0.25) is 4.79 Å². The molecule has 3 rings (SSSR count). The van der Waals surface area contributed by atoms with Crippen molar-refractivity contribution in [3.8, 4) is 0 Å². The maximum Gasteiger partial charge on any atom is 0.236 e. The van der Waals surface area contributed by atoms with Crippen LogP contribution in [0.15, 0.2) is 35.5 Å². The van der Waals surface area contributed by atoms with Gasteiger partial charge in [-0.05, 0) is 28.8 Å². The Labute approximate surface area is 127 Å². The minimum Gasteiger partial charge on any atom is -0.337 e. The van der Waals surface area contributed by atoms with Crippen molar-refractivity contribution in [1.82, 2.24) is 25.1 Å². The highest BCUT2D eigenvalue weighted by Gasteiger charge is 2.30. The van der Waals surface area contributed by atoms with Crippen molar-refractivity contribution in [2.45, 2.75) is 29.8 Å². The van der Waals surface area contributed by atoms with E-state index in [2.05, 4.69) is 27.7 Å². The first-order valence-electron chi connectivity index (χ1n) is 6.96. The Balaban J connectivity index is 1.67. The molecule has 1 unspecified atom stereocenters. The molecular formula is C14H17N5OS. The maximum absolute atomic E-state index is 12.6. The molecule has 1 amide bonds. The molecule has 0 bridgehead atoms. The number of benzene rings is 1. The van der Waals surface area contributed by atoms with Crippen LogP contribution < -0.4 is 0 Å². The molecule has 21 heavy (non-hydrogen) atoms. The first-order valence-corrected chi connectivity index (χ1v) is 7.84. The number of aryl methyl sites for hydroxylation is 1. The maximum atomic E-state index is 12.6. The van der Waals surface area contributed by atoms with Crippen molar-refractivity contribution in [2.24, 2.45) is 7.05 Å². The number of thioether (sulfide) groups is 1. The van der Waals surface area contributed by atoms with Gasteiger partial charge in [0, 0.05) is 20.1 Å². The molecule has 2 aromatic rings. The fourth-order valence-corrected chi connectivity index (χ4v) is 3.48. The second kappa shape index (κ2) is 6.26. The van der Waals surface area contributed by atoms with Gasteiger partial charge in [-0.1, -0.05) is 42.1 Å². The molecular weight excluding hydrogens is 286 g/mol. The van der Waals surface area contributed by atoms with E-state index < -0.39 is 0 Å². The normalized spacial score (nSPS) is 19.0. The number of hydrogen-bond donors (Lipinski definition) is 0. The van der Waals surface area contributed by atoms with E-state index in [1.54, 1.807) is 11.7 Å². The molecule has 1 atom stereocenters. The zero-order chi connectivity index (χ0) is 14.7. The van der Waals surface area contributed by atoms with E-state index in [4.69, 9.17) is 0 Å². The predicted octanol–water partition coefficient (Wildman–Crippen LogP) is 1.49. The highest BCUT2D eigenvalue weighted by molar-refractivity contribution is 8.00. The molecule has 0 spiro atoms. The standard InChI is InChI=1S/C14H17N5OS/c1-18-14(15-16-17-18)21-12-8-5-9-19(13(12)20)10-11-6-3-2-4-7-11/h2-4,6-7,12H,5,8-10H2,1H3. The van der Waals surface area contributed by atoms with Gasteiger partial charge in [0.25, 0.3) is 0 Å². The number of carbonyl (C=O) groups is 1. The second-order valence-corrected chi connectivity index (χ2v) is 6.25. The summed E-state index contributed by atoms with van der Waals surface area (Å²) in [6.07, 6.45) is 1.89. The van der Waals surface area contributed by atoms with Gasteiger partial charge in [0.2, 0.25) is 11.1 Å². The second-order valence-electron chi connectivity index (χ2n) is 5.08. The topological polar surface area (TPSA) is 63.9 Å². The molecule has 0 N–H and O–H groups in total. The van der Waals surface area contributed by atoms with E-state index in [0.717, 1.165) is 24.9 Å². The fraction of sp³-hybridized carbons (Fsp3) is 0.429. The summed E-state index contributed by atoms with van der Waals surface area (Å²) in [6.45, 7) is 1.50. The zero-order valence-corrected chi connectivity index (χ0v) is 12.7. The van der Waals surface area contributed by atoms with Crippen LogP contribution in [0.25, 0.3) is 0 Å². The highest BCUT2D eigenvalue weighted by atomic mass is 32.2. The van der Waals surface area contributed by atoms with Gasteiger partial charge < -0.3 is 4.90 Å². The summed E-state index contributed by atoms with van der Waals surface area (Å²) in [5, 5.41) is 12.0. The number of nitrogens with zero attached hydrogens (tertiary/aromatic N) is 5. The Morgan fingerprint density at radius 2 is 2.14 bits per heavy atom. The molecule has 7 heteroatoms. The lowest BCUT2D eigenvalue weighted by Crippen LogP contribution is -2.42. The molecule has 0 aliphatic carbocycles. The van der Waals surface area contributed by atoms with E-state index in [1.165, 1.54) is 11.8 Å². The van der Waals surface area contributed by atoms with Gasteiger partial charge in [0.05, 0.1) is 5.25 Å². The smallest absolute Gasteiger partial charge is 0.236 e. The summed E-state index contributed by atoms with van der Waals surface area (Å²) < 4.78 is 1.61. The van der Waals surface area contributed by atoms with E-state index in [-0.39, 0.29) is 11.2 Å². The molecule has 1 aromatic carbocycles. The van der Waals surface area contributed by atoms with Crippen LogP contribution in [0, 0.1) is 0 Å². The van der Waals surface area contributed by atoms with Crippen LogP contribution in [0.2, 0.25) is 0 Å². The van der Waals surface area contributed by atoms with Gasteiger partial charge >= 0.3 is 0 Å².